The van der Waals surface area contributed by atoms with Gasteiger partial charge in [0.2, 0.25) is 0 Å². The van der Waals surface area contributed by atoms with Crippen molar-refractivity contribution in [3.63, 3.8) is 0 Å². The van der Waals surface area contributed by atoms with Crippen LogP contribution in [0.4, 0.5) is 26.3 Å². The predicted molar refractivity (Wildman–Crippen MR) is 108 cm³/mol. The summed E-state index contributed by atoms with van der Waals surface area (Å²) in [6, 6.07) is 1.81. The van der Waals surface area contributed by atoms with Crippen LogP contribution in [0.15, 0.2) is 12.3 Å². The van der Waals surface area contributed by atoms with Gasteiger partial charge in [-0.1, -0.05) is 0 Å². The van der Waals surface area contributed by atoms with Gasteiger partial charge in [-0.05, 0) is 19.9 Å². The third kappa shape index (κ3) is 8.86. The molecule has 1 unspecified atom stereocenters. The molecule has 1 aliphatic rings. The van der Waals surface area contributed by atoms with Crippen LogP contribution in [0.2, 0.25) is 0 Å². The van der Waals surface area contributed by atoms with E-state index in [0.29, 0.717) is 32.0 Å². The molecule has 1 atom stereocenters. The second kappa shape index (κ2) is 12.4. The maximum absolute atomic E-state index is 12.4. The maximum atomic E-state index is 12.4. The molecule has 3 heterocycles. The summed E-state index contributed by atoms with van der Waals surface area (Å²) in [4.78, 5) is 30.2. The largest absolute Gasteiger partial charge is 0.490 e. The van der Waals surface area contributed by atoms with Crippen molar-refractivity contribution in [1.82, 2.24) is 24.9 Å². The summed E-state index contributed by atoms with van der Waals surface area (Å²) >= 11 is 0. The molecule has 36 heavy (non-hydrogen) atoms. The number of aromatic nitrogens is 4. The number of fused-ring (bicyclic) bond motifs is 1. The van der Waals surface area contributed by atoms with E-state index in [-0.39, 0.29) is 11.8 Å². The van der Waals surface area contributed by atoms with E-state index in [9.17, 15) is 31.1 Å². The number of carboxylic acid groups (broad SMARTS) is 2. The average Bonchev–Trinajstić information content (AvgIpc) is 3.34. The third-order valence-electron chi connectivity index (χ3n) is 4.52. The molecule has 0 radical (unpaired) electrons. The van der Waals surface area contributed by atoms with Gasteiger partial charge < -0.3 is 20.3 Å². The third-order valence-corrected chi connectivity index (χ3v) is 4.52. The van der Waals surface area contributed by atoms with Crippen molar-refractivity contribution in [2.24, 2.45) is 7.05 Å². The summed E-state index contributed by atoms with van der Waals surface area (Å²) < 4.78 is 72.6. The van der Waals surface area contributed by atoms with Gasteiger partial charge in [0.15, 0.2) is 0 Å². The van der Waals surface area contributed by atoms with Gasteiger partial charge in [-0.15, -0.1) is 0 Å². The van der Waals surface area contributed by atoms with Crippen LogP contribution in [0.25, 0.3) is 0 Å². The Morgan fingerprint density at radius 1 is 1.14 bits per heavy atom. The molecule has 2 aromatic heterocycles. The Morgan fingerprint density at radius 3 is 2.14 bits per heavy atom. The molecule has 17 heteroatoms. The Labute approximate surface area is 199 Å². The van der Waals surface area contributed by atoms with E-state index in [1.165, 1.54) is 0 Å². The van der Waals surface area contributed by atoms with Crippen molar-refractivity contribution < 1.29 is 55.7 Å². The molecular formula is C19H23F6N5O6. The van der Waals surface area contributed by atoms with Crippen LogP contribution >= 0.6 is 0 Å². The van der Waals surface area contributed by atoms with Gasteiger partial charge in [0.1, 0.15) is 5.69 Å². The van der Waals surface area contributed by atoms with E-state index < -0.39 is 24.3 Å². The second-order valence-electron chi connectivity index (χ2n) is 7.18. The first-order valence-corrected chi connectivity index (χ1v) is 10.00. The molecule has 0 bridgehead atoms. The van der Waals surface area contributed by atoms with Gasteiger partial charge in [-0.3, -0.25) is 14.2 Å². The summed E-state index contributed by atoms with van der Waals surface area (Å²) in [5.41, 5.74) is 3.69. The van der Waals surface area contributed by atoms with Gasteiger partial charge in [-0.2, -0.15) is 36.5 Å². The highest BCUT2D eigenvalue weighted by molar-refractivity contribution is 5.92. The smallest absolute Gasteiger partial charge is 0.475 e. The summed E-state index contributed by atoms with van der Waals surface area (Å²) in [5, 5.41) is 25.8. The molecule has 3 rings (SSSR count). The van der Waals surface area contributed by atoms with Gasteiger partial charge in [0.25, 0.3) is 5.91 Å². The number of ether oxygens (including phenoxy) is 1. The summed E-state index contributed by atoms with van der Waals surface area (Å²) in [6.07, 6.45) is -8.30. The monoisotopic (exact) mass is 531 g/mol. The first kappa shape index (κ1) is 30.4. The number of carboxylic acids is 2. The van der Waals surface area contributed by atoms with Crippen LogP contribution in [0.5, 0.6) is 0 Å². The molecule has 202 valence electrons. The summed E-state index contributed by atoms with van der Waals surface area (Å²) in [5.74, 6) is -5.47. The standard InChI is InChI=1S/C15H21N5O2.2C2HF3O2/c1-4-20-13(5-10(2)18-20)15(21)16-6-11-8-22-9-14-12(11)7-17-19(14)3;2*3-2(4,5)1(6)7/h5,7,11H,4,6,8-9H2,1-3H3,(H,16,21);2*(H,6,7). The van der Waals surface area contributed by atoms with Crippen LogP contribution in [0.3, 0.4) is 0 Å². The molecule has 0 aliphatic carbocycles. The maximum Gasteiger partial charge on any atom is 0.490 e. The number of aryl methyl sites for hydroxylation is 3. The quantitative estimate of drug-likeness (QED) is 0.509. The van der Waals surface area contributed by atoms with Crippen LogP contribution in [-0.4, -0.2) is 73.1 Å². The molecule has 1 aliphatic heterocycles. The van der Waals surface area contributed by atoms with E-state index >= 15 is 0 Å². The molecule has 0 fully saturated rings. The summed E-state index contributed by atoms with van der Waals surface area (Å²) in [7, 11) is 1.91. The fourth-order valence-corrected chi connectivity index (χ4v) is 2.83. The highest BCUT2D eigenvalue weighted by atomic mass is 19.4. The molecule has 0 aromatic carbocycles. The van der Waals surface area contributed by atoms with E-state index in [1.54, 1.807) is 4.68 Å². The Bertz CT molecular complexity index is 1040. The molecule has 0 spiro atoms. The van der Waals surface area contributed by atoms with Crippen molar-refractivity contribution >= 4 is 17.8 Å². The predicted octanol–water partition coefficient (Wildman–Crippen LogP) is 2.26. The number of alkyl halides is 6. The molecule has 0 saturated heterocycles. The topological polar surface area (TPSA) is 149 Å². The normalized spacial score (nSPS) is 15.0. The van der Waals surface area contributed by atoms with E-state index in [1.807, 2.05) is 37.8 Å². The minimum Gasteiger partial charge on any atom is -0.475 e. The second-order valence-corrected chi connectivity index (χ2v) is 7.18. The Kier molecular flexibility index (Phi) is 10.4. The molecule has 3 N–H and O–H groups in total. The summed E-state index contributed by atoms with van der Waals surface area (Å²) in [6.45, 7) is 6.25. The minimum absolute atomic E-state index is 0.0986. The number of halogens is 6. The molecule has 11 nitrogen and oxygen atoms in total. The molecule has 0 saturated carbocycles. The van der Waals surface area contributed by atoms with Crippen molar-refractivity contribution in [3.8, 4) is 0 Å². The van der Waals surface area contributed by atoms with Gasteiger partial charge in [0, 0.05) is 31.6 Å². The average molecular weight is 531 g/mol. The van der Waals surface area contributed by atoms with Gasteiger partial charge >= 0.3 is 24.3 Å². The van der Waals surface area contributed by atoms with Crippen LogP contribution in [0, 0.1) is 6.92 Å². The number of hydrogen-bond donors (Lipinski definition) is 3. The number of nitrogens with one attached hydrogen (secondary N) is 1. The fraction of sp³-hybridized carbons (Fsp3) is 0.526. The van der Waals surface area contributed by atoms with Gasteiger partial charge in [0.05, 0.1) is 30.8 Å². The number of carbonyl (C=O) groups excluding carboxylic acids is 1. The number of rotatable bonds is 4. The lowest BCUT2D eigenvalue weighted by Gasteiger charge is -2.23. The Balaban J connectivity index is 0.000000383. The van der Waals surface area contributed by atoms with Crippen molar-refractivity contribution in [2.45, 2.75) is 45.3 Å². The lowest BCUT2D eigenvalue weighted by Crippen LogP contribution is -2.33. The van der Waals surface area contributed by atoms with Crippen LogP contribution < -0.4 is 5.32 Å². The first-order chi connectivity index (χ1) is 16.5. The van der Waals surface area contributed by atoms with Crippen molar-refractivity contribution in [2.75, 3.05) is 13.2 Å². The SMILES string of the molecule is CCn1nc(C)cc1C(=O)NCC1COCc2c1cnn2C.O=C(O)C(F)(F)F.O=C(O)C(F)(F)F. The number of hydrogen-bond acceptors (Lipinski definition) is 6. The van der Waals surface area contributed by atoms with Crippen LogP contribution in [-0.2, 0) is 34.5 Å². The fourth-order valence-electron chi connectivity index (χ4n) is 2.83. The zero-order valence-corrected chi connectivity index (χ0v) is 19.1. The molecular weight excluding hydrogens is 508 g/mol. The Hall–Kier alpha value is -3.63. The zero-order valence-electron chi connectivity index (χ0n) is 19.1. The number of nitrogens with zero attached hydrogens (tertiary/aromatic N) is 4. The van der Waals surface area contributed by atoms with E-state index in [0.717, 1.165) is 17.0 Å². The van der Waals surface area contributed by atoms with Crippen LogP contribution in [0.1, 0.15) is 40.3 Å². The number of carbonyl (C=O) groups is 3. The lowest BCUT2D eigenvalue weighted by atomic mass is 9.98. The molecule has 2 aromatic rings. The van der Waals surface area contributed by atoms with E-state index in [2.05, 4.69) is 15.5 Å². The highest BCUT2D eigenvalue weighted by Crippen LogP contribution is 2.25. The van der Waals surface area contributed by atoms with Gasteiger partial charge in [-0.25, -0.2) is 9.59 Å². The minimum atomic E-state index is -5.08. The highest BCUT2D eigenvalue weighted by Gasteiger charge is 2.38. The Morgan fingerprint density at radius 2 is 1.67 bits per heavy atom. The lowest BCUT2D eigenvalue weighted by molar-refractivity contribution is -0.193. The first-order valence-electron chi connectivity index (χ1n) is 10.00. The number of amides is 1. The zero-order chi connectivity index (χ0) is 27.8. The van der Waals surface area contributed by atoms with Crippen molar-refractivity contribution in [3.05, 3.63) is 34.9 Å². The van der Waals surface area contributed by atoms with Crippen molar-refractivity contribution in [1.29, 1.82) is 0 Å². The number of aliphatic carboxylic acids is 2. The molecule has 1 amide bonds. The van der Waals surface area contributed by atoms with E-state index in [4.69, 9.17) is 24.5 Å².